The smallest absolute Gasteiger partial charge is 0.393 e. The molecule has 1 aromatic rings. The van der Waals surface area contributed by atoms with Crippen LogP contribution in [0.15, 0.2) is 30.3 Å². The number of carbonyl (C=O) groups is 1. The Morgan fingerprint density at radius 2 is 1.87 bits per heavy atom. The summed E-state index contributed by atoms with van der Waals surface area (Å²) in [4.78, 5) is 11.0. The van der Waals surface area contributed by atoms with Gasteiger partial charge in [0.2, 0.25) is 0 Å². The van der Waals surface area contributed by atoms with Crippen molar-refractivity contribution in [2.75, 3.05) is 13.1 Å². The van der Waals surface area contributed by atoms with E-state index >= 15 is 0 Å². The Kier molecular flexibility index (Phi) is 4.97. The SMILES string of the molecule is O=C(O)[C@@H]1CN(S(=O)(=O)NCc2ccccc2)C[C@H]1C(F)(F)F. The van der Waals surface area contributed by atoms with Crippen molar-refractivity contribution in [3.8, 4) is 0 Å². The second kappa shape index (κ2) is 6.46. The number of halogens is 3. The van der Waals surface area contributed by atoms with Crippen LogP contribution in [0.5, 0.6) is 0 Å². The molecule has 1 aliphatic rings. The highest BCUT2D eigenvalue weighted by Crippen LogP contribution is 2.38. The van der Waals surface area contributed by atoms with Gasteiger partial charge in [-0.25, -0.2) is 0 Å². The minimum absolute atomic E-state index is 0.0892. The minimum atomic E-state index is -4.77. The highest BCUT2D eigenvalue weighted by Gasteiger charge is 2.54. The quantitative estimate of drug-likeness (QED) is 0.834. The van der Waals surface area contributed by atoms with Crippen LogP contribution in [0.2, 0.25) is 0 Å². The van der Waals surface area contributed by atoms with Gasteiger partial charge in [0.25, 0.3) is 10.2 Å². The molecule has 2 atom stereocenters. The molecular weight excluding hydrogens is 337 g/mol. The van der Waals surface area contributed by atoms with Gasteiger partial charge in [0.15, 0.2) is 0 Å². The third kappa shape index (κ3) is 4.21. The molecule has 0 radical (unpaired) electrons. The van der Waals surface area contributed by atoms with Crippen LogP contribution >= 0.6 is 0 Å². The van der Waals surface area contributed by atoms with Gasteiger partial charge in [-0.3, -0.25) is 4.79 Å². The monoisotopic (exact) mass is 352 g/mol. The third-order valence-corrected chi connectivity index (χ3v) is 5.15. The number of carboxylic acids is 1. The Balaban J connectivity index is 2.10. The molecule has 2 N–H and O–H groups in total. The van der Waals surface area contributed by atoms with Crippen LogP contribution in [0.25, 0.3) is 0 Å². The zero-order chi connectivity index (χ0) is 17.3. The molecule has 0 spiro atoms. The van der Waals surface area contributed by atoms with Crippen molar-refractivity contribution in [2.24, 2.45) is 11.8 Å². The molecule has 1 fully saturated rings. The number of hydrogen-bond donors (Lipinski definition) is 2. The lowest BCUT2D eigenvalue weighted by atomic mass is 9.96. The Morgan fingerprint density at radius 1 is 1.26 bits per heavy atom. The molecule has 23 heavy (non-hydrogen) atoms. The maximum Gasteiger partial charge on any atom is 0.393 e. The summed E-state index contributed by atoms with van der Waals surface area (Å²) < 4.78 is 65.6. The predicted octanol–water partition coefficient (Wildman–Crippen LogP) is 1.22. The summed E-state index contributed by atoms with van der Waals surface area (Å²) in [6.07, 6.45) is -4.77. The fraction of sp³-hybridized carbons (Fsp3) is 0.462. The van der Waals surface area contributed by atoms with Crippen LogP contribution in [0.1, 0.15) is 5.56 Å². The number of hydrogen-bond acceptors (Lipinski definition) is 3. The van der Waals surface area contributed by atoms with E-state index in [1.165, 1.54) is 0 Å². The highest BCUT2D eigenvalue weighted by atomic mass is 32.2. The molecule has 128 valence electrons. The first-order valence-electron chi connectivity index (χ1n) is 6.69. The van der Waals surface area contributed by atoms with Gasteiger partial charge in [-0.15, -0.1) is 0 Å². The second-order valence-corrected chi connectivity index (χ2v) is 6.98. The van der Waals surface area contributed by atoms with Crippen molar-refractivity contribution in [3.63, 3.8) is 0 Å². The molecule has 1 aliphatic heterocycles. The first-order chi connectivity index (χ1) is 10.6. The number of aliphatic carboxylic acids is 1. The van der Waals surface area contributed by atoms with E-state index in [4.69, 9.17) is 5.11 Å². The fourth-order valence-electron chi connectivity index (χ4n) is 2.41. The maximum absolute atomic E-state index is 12.9. The lowest BCUT2D eigenvalue weighted by molar-refractivity contribution is -0.187. The molecule has 0 saturated carbocycles. The van der Waals surface area contributed by atoms with E-state index in [0.717, 1.165) is 0 Å². The van der Waals surface area contributed by atoms with E-state index < -0.39 is 47.3 Å². The first-order valence-corrected chi connectivity index (χ1v) is 8.13. The lowest BCUT2D eigenvalue weighted by Gasteiger charge is -2.18. The Morgan fingerprint density at radius 3 is 2.35 bits per heavy atom. The van der Waals surface area contributed by atoms with Crippen LogP contribution < -0.4 is 4.72 Å². The number of rotatable bonds is 5. The van der Waals surface area contributed by atoms with Gasteiger partial charge >= 0.3 is 12.1 Å². The average Bonchev–Trinajstić information content (AvgIpc) is 2.93. The zero-order valence-corrected chi connectivity index (χ0v) is 12.6. The highest BCUT2D eigenvalue weighted by molar-refractivity contribution is 7.87. The van der Waals surface area contributed by atoms with Crippen molar-refractivity contribution >= 4 is 16.2 Å². The predicted molar refractivity (Wildman–Crippen MR) is 74.4 cm³/mol. The Labute approximate surface area is 131 Å². The van der Waals surface area contributed by atoms with Gasteiger partial charge in [-0.1, -0.05) is 30.3 Å². The summed E-state index contributed by atoms with van der Waals surface area (Å²) >= 11 is 0. The van der Waals surface area contributed by atoms with Gasteiger partial charge in [-0.05, 0) is 5.56 Å². The number of alkyl halides is 3. The van der Waals surface area contributed by atoms with E-state index in [1.807, 2.05) is 0 Å². The minimum Gasteiger partial charge on any atom is -0.481 e. The molecule has 0 unspecified atom stereocenters. The van der Waals surface area contributed by atoms with Crippen molar-refractivity contribution in [2.45, 2.75) is 12.7 Å². The molecule has 0 aliphatic carbocycles. The Hall–Kier alpha value is -1.65. The van der Waals surface area contributed by atoms with E-state index in [-0.39, 0.29) is 6.54 Å². The zero-order valence-electron chi connectivity index (χ0n) is 11.8. The van der Waals surface area contributed by atoms with E-state index in [9.17, 15) is 26.4 Å². The molecule has 6 nitrogen and oxygen atoms in total. The summed E-state index contributed by atoms with van der Waals surface area (Å²) in [6, 6.07) is 8.44. The molecule has 0 amide bonds. The normalized spacial score (nSPS) is 23.1. The molecule has 0 aromatic heterocycles. The first kappa shape index (κ1) is 17.7. The molecule has 2 rings (SSSR count). The van der Waals surface area contributed by atoms with E-state index in [2.05, 4.69) is 4.72 Å². The van der Waals surface area contributed by atoms with Crippen LogP contribution in [-0.4, -0.2) is 43.1 Å². The molecule has 1 saturated heterocycles. The van der Waals surface area contributed by atoms with Crippen molar-refractivity contribution in [3.05, 3.63) is 35.9 Å². The summed E-state index contributed by atoms with van der Waals surface area (Å²) in [5.41, 5.74) is 0.637. The lowest BCUT2D eigenvalue weighted by Crippen LogP contribution is -2.40. The average molecular weight is 352 g/mol. The molecular formula is C13H15F3N2O4S. The van der Waals surface area contributed by atoms with Crippen molar-refractivity contribution in [1.29, 1.82) is 0 Å². The van der Waals surface area contributed by atoms with Gasteiger partial charge in [0, 0.05) is 19.6 Å². The van der Waals surface area contributed by atoms with Crippen LogP contribution in [0, 0.1) is 11.8 Å². The fourth-order valence-corrected chi connectivity index (χ4v) is 3.65. The molecule has 10 heteroatoms. The van der Waals surface area contributed by atoms with Crippen LogP contribution in [0.4, 0.5) is 13.2 Å². The molecule has 1 heterocycles. The number of nitrogens with zero attached hydrogens (tertiary/aromatic N) is 1. The van der Waals surface area contributed by atoms with E-state index in [1.54, 1.807) is 30.3 Å². The van der Waals surface area contributed by atoms with E-state index in [0.29, 0.717) is 9.87 Å². The number of carboxylic acid groups (broad SMARTS) is 1. The van der Waals surface area contributed by atoms with Gasteiger partial charge in [0.05, 0.1) is 11.8 Å². The largest absolute Gasteiger partial charge is 0.481 e. The Bertz CT molecular complexity index is 664. The second-order valence-electron chi connectivity index (χ2n) is 5.22. The van der Waals surface area contributed by atoms with Crippen molar-refractivity contribution in [1.82, 2.24) is 9.03 Å². The van der Waals surface area contributed by atoms with Gasteiger partial charge < -0.3 is 5.11 Å². The maximum atomic E-state index is 12.9. The van der Waals surface area contributed by atoms with Crippen LogP contribution in [0.3, 0.4) is 0 Å². The molecule has 1 aromatic carbocycles. The topological polar surface area (TPSA) is 86.7 Å². The standard InChI is InChI=1S/C13H15F3N2O4S/c14-13(15,16)11-8-18(7-10(11)12(19)20)23(21,22)17-6-9-4-2-1-3-5-9/h1-5,10-11,17H,6-8H2,(H,19,20)/t10-,11-/m1/s1. The number of nitrogens with one attached hydrogen (secondary N) is 1. The van der Waals surface area contributed by atoms with Crippen molar-refractivity contribution < 1.29 is 31.5 Å². The van der Waals surface area contributed by atoms with Crippen LogP contribution in [-0.2, 0) is 21.5 Å². The summed E-state index contributed by atoms with van der Waals surface area (Å²) in [6.45, 7) is -1.69. The van der Waals surface area contributed by atoms with Gasteiger partial charge in [-0.2, -0.15) is 30.6 Å². The third-order valence-electron chi connectivity index (χ3n) is 3.67. The summed E-state index contributed by atoms with van der Waals surface area (Å²) in [5.74, 6) is -5.68. The molecule has 0 bridgehead atoms. The summed E-state index contributed by atoms with van der Waals surface area (Å²) in [7, 11) is -4.20. The van der Waals surface area contributed by atoms with Gasteiger partial charge in [0.1, 0.15) is 0 Å². The number of benzene rings is 1. The summed E-state index contributed by atoms with van der Waals surface area (Å²) in [5, 5.41) is 8.90.